The minimum absolute atomic E-state index is 0.182. The molecule has 1 aliphatic rings. The number of aromatic nitrogens is 2. The molecule has 3 aromatic rings. The predicted molar refractivity (Wildman–Crippen MR) is 112 cm³/mol. The van der Waals surface area contributed by atoms with E-state index in [1.807, 2.05) is 18.2 Å². The van der Waals surface area contributed by atoms with Crippen molar-refractivity contribution in [2.24, 2.45) is 0 Å². The lowest BCUT2D eigenvalue weighted by atomic mass is 10.0. The number of halogens is 3. The Morgan fingerprint density at radius 1 is 1.17 bits per heavy atom. The zero-order valence-corrected chi connectivity index (χ0v) is 16.9. The summed E-state index contributed by atoms with van der Waals surface area (Å²) in [5.41, 5.74) is 1.93. The van der Waals surface area contributed by atoms with E-state index in [1.165, 1.54) is 12.1 Å². The number of hydrogen-bond donors (Lipinski definition) is 2. The second kappa shape index (κ2) is 8.47. The van der Waals surface area contributed by atoms with Crippen molar-refractivity contribution in [2.75, 3.05) is 30.8 Å². The average molecular weight is 415 g/mol. The van der Waals surface area contributed by atoms with Gasteiger partial charge in [0, 0.05) is 29.2 Å². The molecule has 0 saturated carbocycles. The highest BCUT2D eigenvalue weighted by molar-refractivity contribution is 5.92. The lowest BCUT2D eigenvalue weighted by Crippen LogP contribution is -2.23. The molecule has 30 heavy (non-hydrogen) atoms. The second-order valence-electron chi connectivity index (χ2n) is 7.80. The molecule has 1 aliphatic heterocycles. The van der Waals surface area contributed by atoms with E-state index in [4.69, 9.17) is 0 Å². The number of likely N-dealkylation sites (tertiary alicyclic amines) is 1. The van der Waals surface area contributed by atoms with Crippen LogP contribution in [-0.4, -0.2) is 41.3 Å². The quantitative estimate of drug-likeness (QED) is 0.594. The van der Waals surface area contributed by atoms with Crippen molar-refractivity contribution < 1.29 is 13.2 Å². The summed E-state index contributed by atoms with van der Waals surface area (Å²) in [6, 6.07) is 9.76. The van der Waals surface area contributed by atoms with Crippen LogP contribution in [0, 0.1) is 5.82 Å². The van der Waals surface area contributed by atoms with E-state index in [0.29, 0.717) is 17.2 Å². The standard InChI is InChI=1S/C22H24F3N5/c1-13(16-4-3-5-17(21(16)23)22(24)25)27-20-11-26-29-19-7-6-14(10-18(19)20)28-15-8-9-30(2)12-15/h3-7,10-11,13,15,22,28H,8-9,12H2,1-2H3,(H,27,29)/t13-,15-/m1/s1. The zero-order chi connectivity index (χ0) is 21.3. The van der Waals surface area contributed by atoms with Crippen LogP contribution in [0.1, 0.15) is 36.9 Å². The van der Waals surface area contributed by atoms with E-state index in [2.05, 4.69) is 32.8 Å². The smallest absolute Gasteiger partial charge is 0.266 e. The van der Waals surface area contributed by atoms with Crippen LogP contribution in [0.25, 0.3) is 10.9 Å². The van der Waals surface area contributed by atoms with Gasteiger partial charge >= 0.3 is 0 Å². The number of anilines is 2. The number of likely N-dealkylation sites (N-methyl/N-ethyl adjacent to an activating group) is 1. The van der Waals surface area contributed by atoms with Gasteiger partial charge in [0.25, 0.3) is 6.43 Å². The molecule has 5 nitrogen and oxygen atoms in total. The van der Waals surface area contributed by atoms with Crippen LogP contribution in [0.3, 0.4) is 0 Å². The molecule has 8 heteroatoms. The van der Waals surface area contributed by atoms with Crippen LogP contribution >= 0.6 is 0 Å². The molecule has 0 amide bonds. The van der Waals surface area contributed by atoms with Gasteiger partial charge in [-0.05, 0) is 45.1 Å². The minimum Gasteiger partial charge on any atom is -0.381 e. The maximum atomic E-state index is 14.6. The van der Waals surface area contributed by atoms with Crippen LogP contribution in [0.2, 0.25) is 0 Å². The van der Waals surface area contributed by atoms with Crippen molar-refractivity contribution in [3.8, 4) is 0 Å². The fourth-order valence-electron chi connectivity index (χ4n) is 3.93. The molecule has 2 N–H and O–H groups in total. The van der Waals surface area contributed by atoms with E-state index in [-0.39, 0.29) is 5.56 Å². The lowest BCUT2D eigenvalue weighted by molar-refractivity contribution is 0.146. The highest BCUT2D eigenvalue weighted by Crippen LogP contribution is 2.31. The van der Waals surface area contributed by atoms with E-state index in [9.17, 15) is 13.2 Å². The van der Waals surface area contributed by atoms with Gasteiger partial charge in [-0.1, -0.05) is 18.2 Å². The molecule has 2 aromatic carbocycles. The number of benzene rings is 2. The summed E-state index contributed by atoms with van der Waals surface area (Å²) in [5, 5.41) is 15.8. The molecule has 0 unspecified atom stereocenters. The molecule has 1 saturated heterocycles. The predicted octanol–water partition coefficient (Wildman–Crippen LogP) is 5.00. The molecule has 2 atom stereocenters. The third kappa shape index (κ3) is 4.18. The Bertz CT molecular complexity index is 1040. The highest BCUT2D eigenvalue weighted by Gasteiger charge is 2.21. The van der Waals surface area contributed by atoms with Crippen LogP contribution in [0.5, 0.6) is 0 Å². The van der Waals surface area contributed by atoms with Gasteiger partial charge in [0.05, 0.1) is 29.0 Å². The van der Waals surface area contributed by atoms with Crippen molar-refractivity contribution in [1.29, 1.82) is 0 Å². The molecule has 2 heterocycles. The summed E-state index contributed by atoms with van der Waals surface area (Å²) in [5.74, 6) is -0.883. The van der Waals surface area contributed by atoms with Crippen molar-refractivity contribution in [3.63, 3.8) is 0 Å². The molecule has 158 valence electrons. The van der Waals surface area contributed by atoms with Crippen LogP contribution in [-0.2, 0) is 0 Å². The van der Waals surface area contributed by atoms with Gasteiger partial charge in [-0.15, -0.1) is 0 Å². The maximum Gasteiger partial charge on any atom is 0.266 e. The zero-order valence-electron chi connectivity index (χ0n) is 16.9. The third-order valence-electron chi connectivity index (χ3n) is 5.53. The summed E-state index contributed by atoms with van der Waals surface area (Å²) in [7, 11) is 2.10. The molecule has 1 aromatic heterocycles. The maximum absolute atomic E-state index is 14.6. The Balaban J connectivity index is 1.61. The van der Waals surface area contributed by atoms with Crippen molar-refractivity contribution in [2.45, 2.75) is 31.9 Å². The lowest BCUT2D eigenvalue weighted by Gasteiger charge is -2.19. The highest BCUT2D eigenvalue weighted by atomic mass is 19.3. The Kier molecular flexibility index (Phi) is 5.76. The summed E-state index contributed by atoms with van der Waals surface area (Å²) >= 11 is 0. The van der Waals surface area contributed by atoms with Crippen molar-refractivity contribution >= 4 is 22.3 Å². The average Bonchev–Trinajstić information content (AvgIpc) is 3.13. The van der Waals surface area contributed by atoms with Crippen molar-refractivity contribution in [1.82, 2.24) is 15.1 Å². The van der Waals surface area contributed by atoms with Gasteiger partial charge in [0.1, 0.15) is 5.82 Å². The number of rotatable bonds is 6. The van der Waals surface area contributed by atoms with Gasteiger partial charge in [0.2, 0.25) is 0 Å². The SMILES string of the molecule is C[C@@H](Nc1cnnc2ccc(N[C@@H]3CCN(C)C3)cc12)c1cccc(C(F)F)c1F. The first-order chi connectivity index (χ1) is 14.4. The molecule has 4 rings (SSSR count). The molecule has 1 fully saturated rings. The molecular formula is C22H24F3N5. The Hall–Kier alpha value is -2.87. The second-order valence-corrected chi connectivity index (χ2v) is 7.80. The number of nitrogens with one attached hydrogen (secondary N) is 2. The normalized spacial score (nSPS) is 18.1. The molecule has 0 radical (unpaired) electrons. The molecule has 0 spiro atoms. The van der Waals surface area contributed by atoms with E-state index < -0.39 is 23.8 Å². The van der Waals surface area contributed by atoms with E-state index in [1.54, 1.807) is 13.1 Å². The van der Waals surface area contributed by atoms with Crippen LogP contribution < -0.4 is 10.6 Å². The van der Waals surface area contributed by atoms with Gasteiger partial charge in [0.15, 0.2) is 0 Å². The van der Waals surface area contributed by atoms with Gasteiger partial charge in [-0.3, -0.25) is 0 Å². The van der Waals surface area contributed by atoms with Gasteiger partial charge < -0.3 is 15.5 Å². The molecule has 0 bridgehead atoms. The summed E-state index contributed by atoms with van der Waals surface area (Å²) in [6.07, 6.45) is -0.213. The summed E-state index contributed by atoms with van der Waals surface area (Å²) in [4.78, 5) is 2.28. The minimum atomic E-state index is -2.86. The van der Waals surface area contributed by atoms with Crippen molar-refractivity contribution in [3.05, 3.63) is 59.5 Å². The van der Waals surface area contributed by atoms with E-state index >= 15 is 0 Å². The van der Waals surface area contributed by atoms with Crippen LogP contribution in [0.15, 0.2) is 42.6 Å². The number of nitrogens with zero attached hydrogens (tertiary/aromatic N) is 3. The monoisotopic (exact) mass is 415 g/mol. The molecular weight excluding hydrogens is 391 g/mol. The van der Waals surface area contributed by atoms with Crippen LogP contribution in [0.4, 0.5) is 24.5 Å². The Labute approximate surface area is 173 Å². The topological polar surface area (TPSA) is 53.1 Å². The summed E-state index contributed by atoms with van der Waals surface area (Å²) in [6.45, 7) is 3.77. The fourth-order valence-corrected chi connectivity index (χ4v) is 3.93. The fraction of sp³-hybridized carbons (Fsp3) is 0.364. The molecule has 0 aliphatic carbocycles. The van der Waals surface area contributed by atoms with Gasteiger partial charge in [-0.2, -0.15) is 10.2 Å². The van der Waals surface area contributed by atoms with E-state index in [0.717, 1.165) is 36.7 Å². The van der Waals surface area contributed by atoms with Gasteiger partial charge in [-0.25, -0.2) is 13.2 Å². The largest absolute Gasteiger partial charge is 0.381 e. The number of fused-ring (bicyclic) bond motifs is 1. The Morgan fingerprint density at radius 2 is 1.97 bits per heavy atom. The number of alkyl halides is 2. The first-order valence-corrected chi connectivity index (χ1v) is 9.96. The number of hydrogen-bond acceptors (Lipinski definition) is 5. The third-order valence-corrected chi connectivity index (χ3v) is 5.53. The Morgan fingerprint density at radius 3 is 2.70 bits per heavy atom. The summed E-state index contributed by atoms with van der Waals surface area (Å²) < 4.78 is 40.7. The first kappa shape index (κ1) is 20.4. The first-order valence-electron chi connectivity index (χ1n) is 9.96.